The third kappa shape index (κ3) is 5.74. The summed E-state index contributed by atoms with van der Waals surface area (Å²) in [5.74, 6) is 3.93. The average molecular weight is 283 g/mol. The Morgan fingerprint density at radius 3 is 2.79 bits per heavy atom. The Labute approximate surface area is 120 Å². The Morgan fingerprint density at radius 2 is 2.16 bits per heavy atom. The van der Waals surface area contributed by atoms with Crippen LogP contribution in [0, 0.1) is 0 Å². The molecule has 0 aromatic heterocycles. The normalized spacial score (nSPS) is 12.2. The number of rotatable bonds is 9. The number of thioether (sulfide) groups is 1. The maximum absolute atomic E-state index is 5.91. The molecule has 2 N–H and O–H groups in total. The maximum Gasteiger partial charge on any atom is 0.164 e. The standard InChI is InChI=1S/C15H25NO2S/c1-4-19-10-6-9-18-15-13(11-12(2)16)7-5-8-14(15)17-3/h5,7-8,12H,4,6,9-11,16H2,1-3H3. The Hall–Kier alpha value is -0.870. The van der Waals surface area contributed by atoms with Crippen LogP contribution in [0.1, 0.15) is 25.8 Å². The first-order valence-electron chi connectivity index (χ1n) is 6.81. The van der Waals surface area contributed by atoms with Crippen molar-refractivity contribution in [2.45, 2.75) is 32.7 Å². The molecule has 1 unspecified atom stereocenters. The molecule has 0 aliphatic carbocycles. The van der Waals surface area contributed by atoms with Gasteiger partial charge >= 0.3 is 0 Å². The fourth-order valence-corrected chi connectivity index (χ4v) is 2.48. The minimum Gasteiger partial charge on any atom is -0.493 e. The molecule has 0 aliphatic heterocycles. The zero-order chi connectivity index (χ0) is 14.1. The van der Waals surface area contributed by atoms with Gasteiger partial charge in [0, 0.05) is 6.04 Å². The molecule has 0 saturated heterocycles. The van der Waals surface area contributed by atoms with E-state index in [0.717, 1.165) is 48.0 Å². The van der Waals surface area contributed by atoms with Crippen LogP contribution in [-0.4, -0.2) is 31.3 Å². The van der Waals surface area contributed by atoms with Crippen molar-refractivity contribution in [1.29, 1.82) is 0 Å². The van der Waals surface area contributed by atoms with Gasteiger partial charge in [-0.05, 0) is 42.9 Å². The zero-order valence-electron chi connectivity index (χ0n) is 12.1. The van der Waals surface area contributed by atoms with Gasteiger partial charge < -0.3 is 15.2 Å². The quantitative estimate of drug-likeness (QED) is 0.707. The van der Waals surface area contributed by atoms with Crippen LogP contribution in [0.4, 0.5) is 0 Å². The van der Waals surface area contributed by atoms with Gasteiger partial charge in [0.15, 0.2) is 11.5 Å². The maximum atomic E-state index is 5.91. The number of para-hydroxylation sites is 1. The number of benzene rings is 1. The lowest BCUT2D eigenvalue weighted by molar-refractivity contribution is 0.291. The molecular weight excluding hydrogens is 258 g/mol. The van der Waals surface area contributed by atoms with E-state index in [2.05, 4.69) is 13.0 Å². The van der Waals surface area contributed by atoms with Gasteiger partial charge in [0.1, 0.15) is 0 Å². The first kappa shape index (κ1) is 16.2. The van der Waals surface area contributed by atoms with E-state index in [4.69, 9.17) is 15.2 Å². The SMILES string of the molecule is CCSCCCOc1c(CC(C)N)cccc1OC. The third-order valence-corrected chi connectivity index (χ3v) is 3.69. The summed E-state index contributed by atoms with van der Waals surface area (Å²) in [4.78, 5) is 0. The molecule has 0 amide bonds. The van der Waals surface area contributed by atoms with E-state index >= 15 is 0 Å². The Morgan fingerprint density at radius 1 is 1.37 bits per heavy atom. The fraction of sp³-hybridized carbons (Fsp3) is 0.600. The molecule has 1 aromatic rings. The summed E-state index contributed by atoms with van der Waals surface area (Å²) in [5.41, 5.74) is 7.00. The molecule has 1 rings (SSSR count). The fourth-order valence-electron chi connectivity index (χ4n) is 1.87. The van der Waals surface area contributed by atoms with Crippen molar-refractivity contribution >= 4 is 11.8 Å². The second-order valence-electron chi connectivity index (χ2n) is 4.53. The van der Waals surface area contributed by atoms with Crippen LogP contribution in [0.25, 0.3) is 0 Å². The van der Waals surface area contributed by atoms with Crippen LogP contribution in [-0.2, 0) is 6.42 Å². The molecule has 108 valence electrons. The number of ether oxygens (including phenoxy) is 2. The van der Waals surface area contributed by atoms with Gasteiger partial charge in [-0.25, -0.2) is 0 Å². The first-order valence-corrected chi connectivity index (χ1v) is 7.96. The Kier molecular flexibility index (Phi) is 7.75. The predicted octanol–water partition coefficient (Wildman–Crippen LogP) is 3.11. The van der Waals surface area contributed by atoms with Crippen molar-refractivity contribution in [3.63, 3.8) is 0 Å². The number of hydrogen-bond acceptors (Lipinski definition) is 4. The molecule has 0 bridgehead atoms. The number of hydrogen-bond donors (Lipinski definition) is 1. The summed E-state index contributed by atoms with van der Waals surface area (Å²) >= 11 is 1.94. The molecular formula is C15H25NO2S. The smallest absolute Gasteiger partial charge is 0.164 e. The van der Waals surface area contributed by atoms with E-state index in [1.807, 2.05) is 30.8 Å². The lowest BCUT2D eigenvalue weighted by atomic mass is 10.1. The summed E-state index contributed by atoms with van der Waals surface area (Å²) in [7, 11) is 1.67. The van der Waals surface area contributed by atoms with Crippen LogP contribution < -0.4 is 15.2 Å². The summed E-state index contributed by atoms with van der Waals surface area (Å²) in [5, 5.41) is 0. The highest BCUT2D eigenvalue weighted by Gasteiger charge is 2.11. The molecule has 19 heavy (non-hydrogen) atoms. The topological polar surface area (TPSA) is 44.5 Å². The van der Waals surface area contributed by atoms with Gasteiger partial charge in [-0.2, -0.15) is 11.8 Å². The highest BCUT2D eigenvalue weighted by Crippen LogP contribution is 2.32. The van der Waals surface area contributed by atoms with Crippen molar-refractivity contribution in [2.24, 2.45) is 5.73 Å². The van der Waals surface area contributed by atoms with Crippen LogP contribution in [0.15, 0.2) is 18.2 Å². The minimum atomic E-state index is 0.116. The van der Waals surface area contributed by atoms with Gasteiger partial charge in [0.05, 0.1) is 13.7 Å². The Bertz CT molecular complexity index is 369. The van der Waals surface area contributed by atoms with Crippen LogP contribution in [0.3, 0.4) is 0 Å². The van der Waals surface area contributed by atoms with Crippen molar-refractivity contribution in [1.82, 2.24) is 0 Å². The minimum absolute atomic E-state index is 0.116. The molecule has 1 aromatic carbocycles. The molecule has 4 heteroatoms. The lowest BCUT2D eigenvalue weighted by Crippen LogP contribution is -2.18. The van der Waals surface area contributed by atoms with E-state index in [9.17, 15) is 0 Å². The molecule has 0 spiro atoms. The zero-order valence-corrected chi connectivity index (χ0v) is 13.0. The van der Waals surface area contributed by atoms with Crippen molar-refractivity contribution in [2.75, 3.05) is 25.2 Å². The van der Waals surface area contributed by atoms with Gasteiger partial charge in [-0.3, -0.25) is 0 Å². The van der Waals surface area contributed by atoms with Crippen LogP contribution in [0.2, 0.25) is 0 Å². The summed E-state index contributed by atoms with van der Waals surface area (Å²) in [6, 6.07) is 6.09. The highest BCUT2D eigenvalue weighted by molar-refractivity contribution is 7.99. The van der Waals surface area contributed by atoms with Crippen molar-refractivity contribution in [3.8, 4) is 11.5 Å². The van der Waals surface area contributed by atoms with Gasteiger partial charge in [0.25, 0.3) is 0 Å². The second kappa shape index (κ2) is 9.10. The van der Waals surface area contributed by atoms with Crippen LogP contribution in [0.5, 0.6) is 11.5 Å². The molecule has 0 aliphatic rings. The summed E-state index contributed by atoms with van der Waals surface area (Å²) in [6.45, 7) is 4.90. The number of nitrogens with two attached hydrogens (primary N) is 1. The van der Waals surface area contributed by atoms with Crippen molar-refractivity contribution in [3.05, 3.63) is 23.8 Å². The summed E-state index contributed by atoms with van der Waals surface area (Å²) in [6.07, 6.45) is 1.85. The monoisotopic (exact) mass is 283 g/mol. The second-order valence-corrected chi connectivity index (χ2v) is 5.92. The average Bonchev–Trinajstić information content (AvgIpc) is 2.39. The van der Waals surface area contributed by atoms with Gasteiger partial charge in [-0.1, -0.05) is 19.1 Å². The van der Waals surface area contributed by atoms with E-state index < -0.39 is 0 Å². The lowest BCUT2D eigenvalue weighted by Gasteiger charge is -2.16. The van der Waals surface area contributed by atoms with E-state index in [1.54, 1.807) is 7.11 Å². The number of methoxy groups -OCH3 is 1. The highest BCUT2D eigenvalue weighted by atomic mass is 32.2. The van der Waals surface area contributed by atoms with Crippen LogP contribution >= 0.6 is 11.8 Å². The first-order chi connectivity index (χ1) is 9.19. The molecule has 0 heterocycles. The van der Waals surface area contributed by atoms with E-state index in [1.165, 1.54) is 0 Å². The van der Waals surface area contributed by atoms with Gasteiger partial charge in [-0.15, -0.1) is 0 Å². The molecule has 0 fully saturated rings. The van der Waals surface area contributed by atoms with E-state index in [0.29, 0.717) is 0 Å². The largest absolute Gasteiger partial charge is 0.493 e. The van der Waals surface area contributed by atoms with Crippen molar-refractivity contribution < 1.29 is 9.47 Å². The Balaban J connectivity index is 2.66. The predicted molar refractivity (Wildman–Crippen MR) is 83.5 cm³/mol. The molecule has 3 nitrogen and oxygen atoms in total. The molecule has 1 atom stereocenters. The molecule has 0 saturated carbocycles. The molecule has 0 radical (unpaired) electrons. The summed E-state index contributed by atoms with van der Waals surface area (Å²) < 4.78 is 11.3. The van der Waals surface area contributed by atoms with Gasteiger partial charge in [0.2, 0.25) is 0 Å². The third-order valence-electron chi connectivity index (χ3n) is 2.71. The van der Waals surface area contributed by atoms with E-state index in [-0.39, 0.29) is 6.04 Å².